The second-order valence-electron chi connectivity index (χ2n) is 10.2. The first-order valence-corrected chi connectivity index (χ1v) is 12.7. The summed E-state index contributed by atoms with van der Waals surface area (Å²) in [6, 6.07) is 8.18. The number of carbonyl (C=O) groups is 3. The van der Waals surface area contributed by atoms with E-state index in [1.165, 1.54) is 30.4 Å². The Labute approximate surface area is 260 Å². The van der Waals surface area contributed by atoms with Crippen LogP contribution < -0.4 is 10.2 Å². The zero-order valence-corrected chi connectivity index (χ0v) is 23.5. The molecule has 0 atom stereocenters. The van der Waals surface area contributed by atoms with Crippen molar-refractivity contribution in [3.63, 3.8) is 0 Å². The van der Waals surface area contributed by atoms with Crippen LogP contribution in [0.5, 0.6) is 5.75 Å². The molecular weight excluding hydrogens is 727 g/mol. The standard InChI is InChI=1S/C26H15F17N2O4/c1-11-4-2-3-5-15(11)49-45-17(47)13-7-6-12(10-14(13)18(45)48)16(46)44-9-8-19(27,28)20(29,30)21(31,32)22(33,34)23(35,36)24(37,38)25(39,40)26(41,42)43/h2-7,10H,8-9H2,1H3,(H,44,46). The number of para-hydroxylation sites is 1. The van der Waals surface area contributed by atoms with Gasteiger partial charge in [0.1, 0.15) is 0 Å². The number of nitrogens with one attached hydrogen (secondary N) is 1. The fraction of sp³-hybridized carbons (Fsp3) is 0.423. The van der Waals surface area contributed by atoms with Crippen LogP contribution in [0.3, 0.4) is 0 Å². The maximum Gasteiger partial charge on any atom is 0.460 e. The predicted octanol–water partition coefficient (Wildman–Crippen LogP) is 7.71. The summed E-state index contributed by atoms with van der Waals surface area (Å²) >= 11 is 0. The number of hydrogen-bond acceptors (Lipinski definition) is 4. The molecule has 0 spiro atoms. The zero-order chi connectivity index (χ0) is 38.0. The average molecular weight is 742 g/mol. The zero-order valence-electron chi connectivity index (χ0n) is 23.5. The lowest BCUT2D eigenvalue weighted by atomic mass is 9.88. The van der Waals surface area contributed by atoms with Gasteiger partial charge < -0.3 is 10.2 Å². The molecular formula is C26H15F17N2O4. The van der Waals surface area contributed by atoms with E-state index in [1.54, 1.807) is 6.07 Å². The first kappa shape index (κ1) is 39.1. The highest BCUT2D eigenvalue weighted by Gasteiger charge is 2.95. The number of amides is 3. The number of alkyl halides is 17. The summed E-state index contributed by atoms with van der Waals surface area (Å²) in [5.74, 6) is -61.2. The van der Waals surface area contributed by atoms with E-state index >= 15 is 0 Å². The topological polar surface area (TPSA) is 75.7 Å². The van der Waals surface area contributed by atoms with Crippen molar-refractivity contribution >= 4 is 17.7 Å². The summed E-state index contributed by atoms with van der Waals surface area (Å²) in [5, 5.41) is 1.63. The highest BCUT2D eigenvalue weighted by atomic mass is 19.4. The van der Waals surface area contributed by atoms with Gasteiger partial charge in [0.25, 0.3) is 17.7 Å². The van der Waals surface area contributed by atoms with E-state index in [4.69, 9.17) is 4.84 Å². The Balaban J connectivity index is 1.78. The molecule has 1 N–H and O–H groups in total. The Hall–Kier alpha value is -4.34. The first-order valence-electron chi connectivity index (χ1n) is 12.7. The lowest BCUT2D eigenvalue weighted by Gasteiger charge is -2.42. The average Bonchev–Trinajstić information content (AvgIpc) is 3.21. The van der Waals surface area contributed by atoms with Gasteiger partial charge in [-0.05, 0) is 36.8 Å². The highest BCUT2D eigenvalue weighted by Crippen LogP contribution is 2.64. The molecule has 23 heteroatoms. The van der Waals surface area contributed by atoms with E-state index in [2.05, 4.69) is 0 Å². The van der Waals surface area contributed by atoms with E-state index in [-0.39, 0.29) is 16.4 Å². The summed E-state index contributed by atoms with van der Waals surface area (Å²) in [7, 11) is 0. The van der Waals surface area contributed by atoms with Gasteiger partial charge in [-0.1, -0.05) is 23.3 Å². The van der Waals surface area contributed by atoms with Gasteiger partial charge in [0.2, 0.25) is 0 Å². The summed E-state index contributed by atoms with van der Waals surface area (Å²) in [4.78, 5) is 42.9. The van der Waals surface area contributed by atoms with E-state index < -0.39 is 89.4 Å². The van der Waals surface area contributed by atoms with E-state index in [0.717, 1.165) is 12.1 Å². The van der Waals surface area contributed by atoms with Crippen LogP contribution in [0.15, 0.2) is 42.5 Å². The maximum atomic E-state index is 14.1. The van der Waals surface area contributed by atoms with Crippen molar-refractivity contribution in [2.75, 3.05) is 6.54 Å². The van der Waals surface area contributed by atoms with Crippen LogP contribution in [0.4, 0.5) is 74.6 Å². The Morgan fingerprint density at radius 3 is 1.63 bits per heavy atom. The molecule has 1 aliphatic rings. The molecule has 0 fully saturated rings. The molecule has 0 saturated heterocycles. The van der Waals surface area contributed by atoms with Crippen molar-refractivity contribution in [1.29, 1.82) is 0 Å². The van der Waals surface area contributed by atoms with E-state index in [0.29, 0.717) is 11.6 Å². The molecule has 0 radical (unpaired) electrons. The minimum atomic E-state index is -8.75. The van der Waals surface area contributed by atoms with Crippen LogP contribution >= 0.6 is 0 Å². The molecule has 0 aromatic heterocycles. The Kier molecular flexibility index (Phi) is 9.51. The lowest BCUT2D eigenvalue weighted by molar-refractivity contribution is -0.461. The molecule has 0 bridgehead atoms. The third-order valence-corrected chi connectivity index (χ3v) is 6.91. The number of rotatable bonds is 12. The third kappa shape index (κ3) is 5.87. The second-order valence-corrected chi connectivity index (χ2v) is 10.2. The van der Waals surface area contributed by atoms with Gasteiger partial charge in [0.05, 0.1) is 11.1 Å². The molecule has 49 heavy (non-hydrogen) atoms. The predicted molar refractivity (Wildman–Crippen MR) is 126 cm³/mol. The van der Waals surface area contributed by atoms with Gasteiger partial charge in [-0.15, -0.1) is 0 Å². The van der Waals surface area contributed by atoms with Crippen LogP contribution in [-0.4, -0.2) is 77.0 Å². The molecule has 3 amide bonds. The van der Waals surface area contributed by atoms with Gasteiger partial charge in [-0.3, -0.25) is 14.4 Å². The van der Waals surface area contributed by atoms with Gasteiger partial charge in [-0.2, -0.15) is 74.6 Å². The highest BCUT2D eigenvalue weighted by molar-refractivity contribution is 6.21. The van der Waals surface area contributed by atoms with Gasteiger partial charge >= 0.3 is 47.6 Å². The molecule has 2 aromatic rings. The van der Waals surface area contributed by atoms with Crippen molar-refractivity contribution < 1.29 is 93.9 Å². The smallest absolute Gasteiger partial charge is 0.368 e. The molecule has 6 nitrogen and oxygen atoms in total. The number of halogens is 17. The lowest BCUT2D eigenvalue weighted by Crippen LogP contribution is -2.74. The number of hydroxylamine groups is 2. The molecule has 3 rings (SSSR count). The second kappa shape index (κ2) is 11.9. The van der Waals surface area contributed by atoms with Crippen LogP contribution in [0, 0.1) is 6.92 Å². The summed E-state index contributed by atoms with van der Waals surface area (Å²) < 4.78 is 228. The van der Waals surface area contributed by atoms with Crippen LogP contribution in [0.1, 0.15) is 43.1 Å². The summed E-state index contributed by atoms with van der Waals surface area (Å²) in [6.07, 6.45) is -10.7. The minimum absolute atomic E-state index is 0.0349. The van der Waals surface area contributed by atoms with Gasteiger partial charge in [0.15, 0.2) is 5.75 Å². The largest absolute Gasteiger partial charge is 0.460 e. The van der Waals surface area contributed by atoms with E-state index in [9.17, 15) is 89.0 Å². The molecule has 1 heterocycles. The monoisotopic (exact) mass is 742 g/mol. The number of fused-ring (bicyclic) bond motifs is 1. The minimum Gasteiger partial charge on any atom is -0.368 e. The fourth-order valence-electron chi connectivity index (χ4n) is 3.99. The summed E-state index contributed by atoms with van der Waals surface area (Å²) in [5.41, 5.74) is -1.17. The molecule has 0 saturated carbocycles. The van der Waals surface area contributed by atoms with Crippen LogP contribution in [0.2, 0.25) is 0 Å². The number of carbonyl (C=O) groups excluding carboxylic acids is 3. The number of aryl methyl sites for hydroxylation is 1. The van der Waals surface area contributed by atoms with Crippen molar-refractivity contribution in [2.45, 2.75) is 61.0 Å². The third-order valence-electron chi connectivity index (χ3n) is 6.91. The normalized spacial score (nSPS) is 15.4. The summed E-state index contributed by atoms with van der Waals surface area (Å²) in [6.45, 7) is -0.399. The van der Waals surface area contributed by atoms with E-state index in [1.807, 2.05) is 0 Å². The molecule has 1 aliphatic heterocycles. The number of benzene rings is 2. The number of imide groups is 1. The van der Waals surface area contributed by atoms with Crippen LogP contribution in [0.25, 0.3) is 0 Å². The van der Waals surface area contributed by atoms with Crippen molar-refractivity contribution in [2.24, 2.45) is 0 Å². The van der Waals surface area contributed by atoms with Gasteiger partial charge in [-0.25, -0.2) is 0 Å². The Bertz CT molecular complexity index is 1640. The van der Waals surface area contributed by atoms with Crippen molar-refractivity contribution in [3.8, 4) is 5.75 Å². The maximum absolute atomic E-state index is 14.1. The molecule has 272 valence electrons. The van der Waals surface area contributed by atoms with Crippen molar-refractivity contribution in [1.82, 2.24) is 10.4 Å². The Morgan fingerprint density at radius 2 is 1.12 bits per heavy atom. The van der Waals surface area contributed by atoms with Crippen LogP contribution in [-0.2, 0) is 0 Å². The quantitative estimate of drug-likeness (QED) is 0.179. The fourth-order valence-corrected chi connectivity index (χ4v) is 3.99. The molecule has 0 aliphatic carbocycles. The SMILES string of the molecule is Cc1ccccc1ON1C(=O)c2ccc(C(=O)NCCC(F)(F)C(F)(F)C(F)(F)C(F)(F)C(F)(F)C(F)(F)C(F)(F)C(F)(F)F)cc2C1=O. The number of nitrogens with zero attached hydrogens (tertiary/aromatic N) is 1. The molecule has 2 aromatic carbocycles. The Morgan fingerprint density at radius 1 is 0.653 bits per heavy atom. The first-order chi connectivity index (χ1) is 21.9. The van der Waals surface area contributed by atoms with Crippen molar-refractivity contribution in [3.05, 3.63) is 64.7 Å². The van der Waals surface area contributed by atoms with Gasteiger partial charge in [0, 0.05) is 18.5 Å². The molecule has 0 unspecified atom stereocenters. The number of hydrogen-bond donors (Lipinski definition) is 1.